The Labute approximate surface area is 144 Å². The van der Waals surface area contributed by atoms with Gasteiger partial charge in [0.25, 0.3) is 5.91 Å². The Morgan fingerprint density at radius 2 is 1.78 bits per heavy atom. The molecule has 0 radical (unpaired) electrons. The summed E-state index contributed by atoms with van der Waals surface area (Å²) >= 11 is 7.11. The number of hydrogen-bond donors (Lipinski definition) is 1. The molecule has 3 rings (SSSR count). The molecule has 1 aromatic carbocycles. The lowest BCUT2D eigenvalue weighted by Crippen LogP contribution is -2.59. The number of hydroxylamine groups is 2. The summed E-state index contributed by atoms with van der Waals surface area (Å²) < 4.78 is 6.10. The highest BCUT2D eigenvalue weighted by molar-refractivity contribution is 6.25. The molecule has 0 aromatic heterocycles. The van der Waals surface area contributed by atoms with Crippen molar-refractivity contribution in [1.29, 1.82) is 0 Å². The number of nitrogens with zero attached hydrogens (tertiary/aromatic N) is 1. The maximum atomic E-state index is 7.11. The monoisotopic (exact) mass is 338 g/mol. The molecule has 0 unspecified atom stereocenters. The normalized spacial score (nSPS) is 37.6. The molecule has 2 fully saturated rings. The van der Waals surface area contributed by atoms with Crippen LogP contribution in [0.4, 0.5) is 0 Å². The van der Waals surface area contributed by atoms with Crippen molar-refractivity contribution in [3.63, 3.8) is 0 Å². The van der Waals surface area contributed by atoms with Crippen LogP contribution in [-0.2, 0) is 9.57 Å². The van der Waals surface area contributed by atoms with Crippen molar-refractivity contribution in [1.82, 2.24) is 10.4 Å². The van der Waals surface area contributed by atoms with Gasteiger partial charge in [-0.25, -0.2) is 4.84 Å². The quantitative estimate of drug-likeness (QED) is 0.789. The number of halogens is 1. The summed E-state index contributed by atoms with van der Waals surface area (Å²) in [7, 11) is 0. The van der Waals surface area contributed by atoms with Gasteiger partial charge >= 0.3 is 0 Å². The average molecular weight is 339 g/mol. The molecule has 0 bridgehead atoms. The third kappa shape index (κ3) is 2.71. The predicted molar refractivity (Wildman–Crippen MR) is 92.0 cm³/mol. The van der Waals surface area contributed by atoms with Gasteiger partial charge in [-0.15, -0.1) is 11.6 Å². The van der Waals surface area contributed by atoms with E-state index < -0.39 is 10.8 Å². The van der Waals surface area contributed by atoms with Crippen LogP contribution >= 0.6 is 11.6 Å². The lowest BCUT2D eigenvalue weighted by atomic mass is 9.89. The minimum atomic E-state index is -1.04. The second-order valence-corrected chi connectivity index (χ2v) is 9.18. The van der Waals surface area contributed by atoms with Crippen LogP contribution in [0.15, 0.2) is 30.3 Å². The van der Waals surface area contributed by atoms with Crippen molar-refractivity contribution in [2.24, 2.45) is 0 Å². The summed E-state index contributed by atoms with van der Waals surface area (Å²) in [6.07, 6.45) is 0. The summed E-state index contributed by atoms with van der Waals surface area (Å²) in [6, 6.07) is 10.1. The van der Waals surface area contributed by atoms with E-state index in [9.17, 15) is 0 Å². The second-order valence-electron chi connectivity index (χ2n) is 8.39. The molecule has 2 heterocycles. The molecule has 4 nitrogen and oxygen atoms in total. The molecular weight excluding hydrogens is 312 g/mol. The van der Waals surface area contributed by atoms with Crippen LogP contribution in [0.5, 0.6) is 0 Å². The van der Waals surface area contributed by atoms with Crippen molar-refractivity contribution in [2.45, 2.75) is 69.4 Å². The highest BCUT2D eigenvalue weighted by atomic mass is 35.5. The molecular formula is C18H27ClN2O2. The Morgan fingerprint density at radius 1 is 1.17 bits per heavy atom. The predicted octanol–water partition coefficient (Wildman–Crippen LogP) is 3.82. The largest absolute Gasteiger partial charge is 0.333 e. The van der Waals surface area contributed by atoms with Crippen molar-refractivity contribution < 1.29 is 9.57 Å². The molecule has 1 N–H and O–H groups in total. The van der Waals surface area contributed by atoms with E-state index in [2.05, 4.69) is 52.1 Å². The topological polar surface area (TPSA) is 33.7 Å². The first-order chi connectivity index (χ1) is 10.5. The van der Waals surface area contributed by atoms with Gasteiger partial charge in [0.05, 0.1) is 12.6 Å². The van der Waals surface area contributed by atoms with Crippen LogP contribution in [0.1, 0.15) is 53.1 Å². The van der Waals surface area contributed by atoms with Gasteiger partial charge in [0.15, 0.2) is 0 Å². The zero-order chi connectivity index (χ0) is 17.1. The Bertz CT molecular complexity index is 582. The van der Waals surface area contributed by atoms with E-state index in [1.807, 2.05) is 30.2 Å². The molecule has 2 saturated heterocycles. The Balaban J connectivity index is 2.09. The molecule has 0 amide bonds. The van der Waals surface area contributed by atoms with Gasteiger partial charge in [0.2, 0.25) is 0 Å². The Morgan fingerprint density at radius 3 is 2.26 bits per heavy atom. The van der Waals surface area contributed by atoms with E-state index in [0.717, 1.165) is 5.56 Å². The van der Waals surface area contributed by atoms with Crippen molar-refractivity contribution in [2.75, 3.05) is 6.61 Å². The van der Waals surface area contributed by atoms with Gasteiger partial charge in [-0.3, -0.25) is 5.32 Å². The number of ether oxygens (including phenoxy) is 1. The molecule has 128 valence electrons. The van der Waals surface area contributed by atoms with E-state index in [4.69, 9.17) is 21.2 Å². The van der Waals surface area contributed by atoms with Crippen molar-refractivity contribution in [3.05, 3.63) is 35.9 Å². The van der Waals surface area contributed by atoms with Crippen LogP contribution in [0.25, 0.3) is 0 Å². The average Bonchev–Trinajstić information content (AvgIpc) is 2.86. The number of benzene rings is 1. The van der Waals surface area contributed by atoms with Crippen LogP contribution in [0.3, 0.4) is 0 Å². The minimum Gasteiger partial charge on any atom is -0.333 e. The molecule has 3 atom stereocenters. The summed E-state index contributed by atoms with van der Waals surface area (Å²) in [5.74, 6) is -1.04. The summed E-state index contributed by atoms with van der Waals surface area (Å²) in [4.78, 5) is 5.58. The summed E-state index contributed by atoms with van der Waals surface area (Å²) in [5.41, 5.74) is 0.704. The molecule has 2 aliphatic rings. The van der Waals surface area contributed by atoms with E-state index in [1.54, 1.807) is 0 Å². The lowest BCUT2D eigenvalue weighted by molar-refractivity contribution is -0.325. The SMILES string of the molecule is CC1(C)CO[C@@]2(N1)ON(C(C)(C)C)[C@H](c1ccccc1)[C@@]2(C)Cl. The fraction of sp³-hybridized carbons (Fsp3) is 0.667. The number of rotatable bonds is 1. The molecule has 0 aliphatic carbocycles. The van der Waals surface area contributed by atoms with E-state index in [0.29, 0.717) is 6.61 Å². The highest BCUT2D eigenvalue weighted by Crippen LogP contribution is 2.56. The zero-order valence-electron chi connectivity index (χ0n) is 14.8. The number of nitrogens with one attached hydrogen (secondary N) is 1. The molecule has 0 saturated carbocycles. The maximum absolute atomic E-state index is 7.11. The first-order valence-corrected chi connectivity index (χ1v) is 8.52. The standard InChI is InChI=1S/C18H27ClN2O2/c1-15(2,3)21-14(13-10-8-7-9-11-13)17(6,19)18(23-21)20-16(4,5)12-22-18/h7-11,14,20H,12H2,1-6H3/t14-,17-,18-/m1/s1. The third-order valence-electron chi connectivity index (χ3n) is 4.53. The first kappa shape index (κ1) is 17.2. The first-order valence-electron chi connectivity index (χ1n) is 8.14. The van der Waals surface area contributed by atoms with Crippen molar-refractivity contribution >= 4 is 11.6 Å². The molecule has 23 heavy (non-hydrogen) atoms. The van der Waals surface area contributed by atoms with E-state index in [-0.39, 0.29) is 17.1 Å². The fourth-order valence-electron chi connectivity index (χ4n) is 3.40. The van der Waals surface area contributed by atoms with Crippen molar-refractivity contribution in [3.8, 4) is 0 Å². The van der Waals surface area contributed by atoms with Gasteiger partial charge in [-0.2, -0.15) is 5.06 Å². The maximum Gasteiger partial charge on any atom is 0.267 e. The van der Waals surface area contributed by atoms with Gasteiger partial charge in [-0.1, -0.05) is 30.3 Å². The number of alkyl halides is 1. The second kappa shape index (κ2) is 5.17. The van der Waals surface area contributed by atoms with Crippen LogP contribution < -0.4 is 5.32 Å². The zero-order valence-corrected chi connectivity index (χ0v) is 15.6. The molecule has 2 aliphatic heterocycles. The molecule has 1 spiro atoms. The number of hydrogen-bond acceptors (Lipinski definition) is 4. The van der Waals surface area contributed by atoms with Crippen LogP contribution in [0.2, 0.25) is 0 Å². The van der Waals surface area contributed by atoms with E-state index >= 15 is 0 Å². The van der Waals surface area contributed by atoms with Gasteiger partial charge in [-0.05, 0) is 47.1 Å². The molecule has 1 aromatic rings. The van der Waals surface area contributed by atoms with Crippen LogP contribution in [0, 0.1) is 0 Å². The Kier molecular flexibility index (Phi) is 3.86. The van der Waals surface area contributed by atoms with Crippen LogP contribution in [-0.4, -0.2) is 33.5 Å². The van der Waals surface area contributed by atoms with Gasteiger partial charge < -0.3 is 4.74 Å². The third-order valence-corrected chi connectivity index (χ3v) is 4.99. The van der Waals surface area contributed by atoms with Gasteiger partial charge in [0.1, 0.15) is 4.87 Å². The summed E-state index contributed by atoms with van der Waals surface area (Å²) in [6.45, 7) is 13.1. The fourth-order valence-corrected chi connectivity index (χ4v) is 3.75. The van der Waals surface area contributed by atoms with Gasteiger partial charge in [0, 0.05) is 11.1 Å². The molecule has 5 heteroatoms. The summed E-state index contributed by atoms with van der Waals surface area (Å²) in [5, 5.41) is 5.46. The van der Waals surface area contributed by atoms with E-state index in [1.165, 1.54) is 0 Å². The minimum absolute atomic E-state index is 0.133. The lowest BCUT2D eigenvalue weighted by Gasteiger charge is -2.36. The smallest absolute Gasteiger partial charge is 0.267 e. The Hall–Kier alpha value is -0.650. The highest BCUT2D eigenvalue weighted by Gasteiger charge is 2.69.